The van der Waals surface area contributed by atoms with E-state index in [1.807, 2.05) is 0 Å². The van der Waals surface area contributed by atoms with Crippen LogP contribution in [0.4, 0.5) is 5.82 Å². The zero-order chi connectivity index (χ0) is 10.8. The summed E-state index contributed by atoms with van der Waals surface area (Å²) in [6.07, 6.45) is 1.06. The van der Waals surface area contributed by atoms with Gasteiger partial charge in [0.05, 0.1) is 11.7 Å². The van der Waals surface area contributed by atoms with Gasteiger partial charge < -0.3 is 15.9 Å². The highest BCUT2D eigenvalue weighted by molar-refractivity contribution is 5.38. The molecule has 1 heterocycles. The van der Waals surface area contributed by atoms with E-state index in [1.54, 1.807) is 32.2 Å². The number of aliphatic hydroxyl groups excluding tert-OH is 1. The first-order valence-corrected chi connectivity index (χ1v) is 4.51. The van der Waals surface area contributed by atoms with Gasteiger partial charge in [-0.15, -0.1) is 0 Å². The molecule has 4 nitrogen and oxygen atoms in total. The van der Waals surface area contributed by atoms with Crippen molar-refractivity contribution in [2.45, 2.75) is 32.0 Å². The van der Waals surface area contributed by atoms with Gasteiger partial charge in [-0.3, -0.25) is 0 Å². The van der Waals surface area contributed by atoms with Gasteiger partial charge in [-0.2, -0.15) is 0 Å². The van der Waals surface area contributed by atoms with Crippen LogP contribution in [-0.4, -0.2) is 26.9 Å². The first-order chi connectivity index (χ1) is 6.41. The summed E-state index contributed by atoms with van der Waals surface area (Å²) in [6.45, 7) is 3.12. The number of nitrogens with two attached hydrogens (primary N) is 1. The molecule has 4 heteroatoms. The largest absolute Gasteiger partial charge is 0.390 e. The molecule has 0 aliphatic rings. The Morgan fingerprint density at radius 1 is 1.57 bits per heavy atom. The lowest BCUT2D eigenvalue weighted by molar-refractivity contribution is -0.0468. The Bertz CT molecular complexity index is 307. The highest BCUT2D eigenvalue weighted by Gasteiger charge is 2.25. The first-order valence-electron chi connectivity index (χ1n) is 4.51. The SMILES string of the molecule is CC(C)(O)C(O)Cc1cccnc1N. The Labute approximate surface area is 83.4 Å². The van der Waals surface area contributed by atoms with Crippen LogP contribution in [0, 0.1) is 0 Å². The van der Waals surface area contributed by atoms with E-state index in [-0.39, 0.29) is 0 Å². The maximum atomic E-state index is 9.63. The number of anilines is 1. The molecule has 0 amide bonds. The van der Waals surface area contributed by atoms with Crippen LogP contribution in [0.5, 0.6) is 0 Å². The minimum Gasteiger partial charge on any atom is -0.390 e. The van der Waals surface area contributed by atoms with Crippen LogP contribution >= 0.6 is 0 Å². The molecule has 0 aliphatic heterocycles. The second kappa shape index (κ2) is 3.94. The van der Waals surface area contributed by atoms with Gasteiger partial charge in [-0.25, -0.2) is 4.98 Å². The number of nitrogens with zero attached hydrogens (tertiary/aromatic N) is 1. The van der Waals surface area contributed by atoms with Crippen molar-refractivity contribution in [3.8, 4) is 0 Å². The van der Waals surface area contributed by atoms with Crippen molar-refractivity contribution in [1.82, 2.24) is 4.98 Å². The molecule has 0 saturated heterocycles. The van der Waals surface area contributed by atoms with E-state index in [0.717, 1.165) is 5.56 Å². The van der Waals surface area contributed by atoms with Crippen LogP contribution in [0.25, 0.3) is 0 Å². The zero-order valence-electron chi connectivity index (χ0n) is 8.44. The van der Waals surface area contributed by atoms with Crippen LogP contribution in [0.15, 0.2) is 18.3 Å². The van der Waals surface area contributed by atoms with Crippen molar-refractivity contribution in [2.24, 2.45) is 0 Å². The van der Waals surface area contributed by atoms with Gasteiger partial charge >= 0.3 is 0 Å². The van der Waals surface area contributed by atoms with E-state index in [0.29, 0.717) is 12.2 Å². The van der Waals surface area contributed by atoms with Crippen LogP contribution in [-0.2, 0) is 6.42 Å². The van der Waals surface area contributed by atoms with Crippen molar-refractivity contribution < 1.29 is 10.2 Å². The lowest BCUT2D eigenvalue weighted by Gasteiger charge is -2.24. The van der Waals surface area contributed by atoms with Gasteiger partial charge in [0.1, 0.15) is 5.82 Å². The molecule has 0 radical (unpaired) electrons. The average molecular weight is 196 g/mol. The Hall–Kier alpha value is -1.13. The molecule has 0 aromatic carbocycles. The number of hydrogen-bond donors (Lipinski definition) is 3. The van der Waals surface area contributed by atoms with Crippen LogP contribution < -0.4 is 5.73 Å². The normalized spacial score (nSPS) is 14.0. The van der Waals surface area contributed by atoms with Gasteiger partial charge in [-0.05, 0) is 25.5 Å². The van der Waals surface area contributed by atoms with Crippen molar-refractivity contribution in [2.75, 3.05) is 5.73 Å². The van der Waals surface area contributed by atoms with E-state index in [2.05, 4.69) is 4.98 Å². The molecule has 0 aliphatic carbocycles. The topological polar surface area (TPSA) is 79.4 Å². The fourth-order valence-corrected chi connectivity index (χ4v) is 1.08. The average Bonchev–Trinajstić information content (AvgIpc) is 2.07. The Balaban J connectivity index is 2.75. The molecule has 0 bridgehead atoms. The maximum Gasteiger partial charge on any atom is 0.126 e. The number of hydrogen-bond acceptors (Lipinski definition) is 4. The Morgan fingerprint density at radius 2 is 2.21 bits per heavy atom. The number of aromatic nitrogens is 1. The molecular weight excluding hydrogens is 180 g/mol. The predicted molar refractivity (Wildman–Crippen MR) is 54.7 cm³/mol. The fraction of sp³-hybridized carbons (Fsp3) is 0.500. The monoisotopic (exact) mass is 196 g/mol. The summed E-state index contributed by atoms with van der Waals surface area (Å²) in [5, 5.41) is 19.2. The smallest absolute Gasteiger partial charge is 0.126 e. The number of pyridine rings is 1. The minimum absolute atomic E-state index is 0.309. The fourth-order valence-electron chi connectivity index (χ4n) is 1.08. The molecule has 0 saturated carbocycles. The molecule has 1 rings (SSSR count). The lowest BCUT2D eigenvalue weighted by atomic mass is 9.96. The Kier molecular flexibility index (Phi) is 3.08. The van der Waals surface area contributed by atoms with Crippen molar-refractivity contribution in [3.63, 3.8) is 0 Å². The summed E-state index contributed by atoms with van der Waals surface area (Å²) in [6, 6.07) is 3.54. The lowest BCUT2D eigenvalue weighted by Crippen LogP contribution is -2.37. The molecule has 0 spiro atoms. The summed E-state index contributed by atoms with van der Waals surface area (Å²) in [7, 11) is 0. The highest BCUT2D eigenvalue weighted by atomic mass is 16.3. The molecular formula is C10H16N2O2. The molecule has 1 unspecified atom stereocenters. The van der Waals surface area contributed by atoms with E-state index in [1.165, 1.54) is 0 Å². The third-order valence-electron chi connectivity index (χ3n) is 2.15. The quantitative estimate of drug-likeness (QED) is 0.651. The third-order valence-corrected chi connectivity index (χ3v) is 2.15. The summed E-state index contributed by atoms with van der Waals surface area (Å²) in [4.78, 5) is 3.90. The summed E-state index contributed by atoms with van der Waals surface area (Å²) in [5.41, 5.74) is 5.24. The maximum absolute atomic E-state index is 9.63. The number of nitrogen functional groups attached to an aromatic ring is 1. The van der Waals surface area contributed by atoms with E-state index >= 15 is 0 Å². The minimum atomic E-state index is -1.12. The second-order valence-corrected chi connectivity index (χ2v) is 3.92. The van der Waals surface area contributed by atoms with E-state index < -0.39 is 11.7 Å². The molecule has 0 fully saturated rings. The second-order valence-electron chi connectivity index (χ2n) is 3.92. The van der Waals surface area contributed by atoms with Crippen molar-refractivity contribution in [3.05, 3.63) is 23.9 Å². The highest BCUT2D eigenvalue weighted by Crippen LogP contribution is 2.16. The molecule has 1 aromatic heterocycles. The predicted octanol–water partition coefficient (Wildman–Crippen LogP) is 0.338. The number of rotatable bonds is 3. The Morgan fingerprint density at radius 3 is 2.71 bits per heavy atom. The number of aliphatic hydroxyl groups is 2. The van der Waals surface area contributed by atoms with Gasteiger partial charge in [-0.1, -0.05) is 6.07 Å². The van der Waals surface area contributed by atoms with Gasteiger partial charge in [0.2, 0.25) is 0 Å². The van der Waals surface area contributed by atoms with Crippen molar-refractivity contribution >= 4 is 5.82 Å². The third kappa shape index (κ3) is 2.68. The van der Waals surface area contributed by atoms with Crippen LogP contribution in [0.1, 0.15) is 19.4 Å². The molecule has 4 N–H and O–H groups in total. The van der Waals surface area contributed by atoms with Gasteiger partial charge in [0, 0.05) is 12.6 Å². The van der Waals surface area contributed by atoms with Gasteiger partial charge in [0.25, 0.3) is 0 Å². The standard InChI is InChI=1S/C10H16N2O2/c1-10(2,14)8(13)6-7-4-3-5-12-9(7)11/h3-5,8,13-14H,6H2,1-2H3,(H2,11,12). The van der Waals surface area contributed by atoms with Gasteiger partial charge in [0.15, 0.2) is 0 Å². The van der Waals surface area contributed by atoms with Crippen LogP contribution in [0.3, 0.4) is 0 Å². The van der Waals surface area contributed by atoms with E-state index in [4.69, 9.17) is 5.73 Å². The zero-order valence-corrected chi connectivity index (χ0v) is 8.44. The summed E-state index contributed by atoms with van der Waals surface area (Å²) >= 11 is 0. The van der Waals surface area contributed by atoms with E-state index in [9.17, 15) is 10.2 Å². The van der Waals surface area contributed by atoms with Crippen molar-refractivity contribution in [1.29, 1.82) is 0 Å². The summed E-state index contributed by atoms with van der Waals surface area (Å²) in [5.74, 6) is 0.399. The molecule has 78 valence electrons. The summed E-state index contributed by atoms with van der Waals surface area (Å²) < 4.78 is 0. The molecule has 1 aromatic rings. The first kappa shape index (κ1) is 10.9. The molecule has 1 atom stereocenters. The molecule has 14 heavy (non-hydrogen) atoms. The van der Waals surface area contributed by atoms with Crippen LogP contribution in [0.2, 0.25) is 0 Å².